The highest BCUT2D eigenvalue weighted by atomic mass is 35.5. The van der Waals surface area contributed by atoms with E-state index in [1.807, 2.05) is 6.92 Å². The Morgan fingerprint density at radius 1 is 0.875 bits per heavy atom. The van der Waals surface area contributed by atoms with Gasteiger partial charge in [0, 0.05) is 22.2 Å². The van der Waals surface area contributed by atoms with Crippen molar-refractivity contribution in [2.45, 2.75) is 11.8 Å². The predicted octanol–water partition coefficient (Wildman–Crippen LogP) is 6.66. The van der Waals surface area contributed by atoms with E-state index in [1.165, 1.54) is 18.3 Å². The molecular formula is C22H11ClF5NO2S. The molecule has 0 spiro atoms. The van der Waals surface area contributed by atoms with Gasteiger partial charge in [-0.3, -0.25) is 4.98 Å². The van der Waals surface area contributed by atoms with Gasteiger partial charge >= 0.3 is 0 Å². The van der Waals surface area contributed by atoms with Gasteiger partial charge in [-0.1, -0.05) is 23.7 Å². The van der Waals surface area contributed by atoms with Gasteiger partial charge in [-0.15, -0.1) is 0 Å². The highest BCUT2D eigenvalue weighted by Crippen LogP contribution is 2.33. The van der Waals surface area contributed by atoms with Crippen LogP contribution in [-0.4, -0.2) is 9.19 Å². The van der Waals surface area contributed by atoms with Crippen LogP contribution in [0.5, 0.6) is 5.75 Å². The minimum atomic E-state index is -2.57. The third-order valence-electron chi connectivity index (χ3n) is 4.70. The molecule has 32 heavy (non-hydrogen) atoms. The molecule has 3 aromatic carbocycles. The number of nitrogens with zero attached hydrogens (tertiary/aromatic N) is 1. The molecule has 0 radical (unpaired) electrons. The third-order valence-corrected chi connectivity index (χ3v) is 5.89. The van der Waals surface area contributed by atoms with Gasteiger partial charge < -0.3 is 4.18 Å². The lowest BCUT2D eigenvalue weighted by atomic mass is 10.0. The van der Waals surface area contributed by atoms with Gasteiger partial charge in [-0.05, 0) is 48.2 Å². The smallest absolute Gasteiger partial charge is 0.240 e. The first kappa shape index (κ1) is 22.2. The molecule has 4 rings (SSSR count). The fraction of sp³-hybridized carbons (Fsp3) is 0.0455. The largest absolute Gasteiger partial charge is 0.390 e. The standard InChI is InChI=1S/C22H11ClF5NO2S/c1-10-8-12(23)2-4-14(10)21-15-5-3-13(9-11(15)6-7-29-21)32(30)31-22-19(27)17(25)16(24)18(26)20(22)28/h2-9H,1H3. The SMILES string of the molecule is Cc1cc(Cl)ccc1-c1nccc2cc(S(=O)Oc3c(F)c(F)c(F)c(F)c3F)ccc12. The fourth-order valence-corrected chi connectivity index (χ4v) is 4.17. The lowest BCUT2D eigenvalue weighted by Gasteiger charge is -2.11. The summed E-state index contributed by atoms with van der Waals surface area (Å²) in [4.78, 5) is 4.34. The topological polar surface area (TPSA) is 39.2 Å². The minimum absolute atomic E-state index is 0.0496. The van der Waals surface area contributed by atoms with Crippen molar-refractivity contribution in [3.63, 3.8) is 0 Å². The first-order valence-electron chi connectivity index (χ1n) is 8.96. The number of benzene rings is 3. The molecule has 0 saturated carbocycles. The molecule has 0 amide bonds. The lowest BCUT2D eigenvalue weighted by molar-refractivity contribution is 0.352. The summed E-state index contributed by atoms with van der Waals surface area (Å²) in [7, 11) is 0. The first-order chi connectivity index (χ1) is 15.2. The summed E-state index contributed by atoms with van der Waals surface area (Å²) in [6.07, 6.45) is 1.52. The van der Waals surface area contributed by atoms with Gasteiger partial charge in [0.25, 0.3) is 0 Å². The molecule has 1 heterocycles. The second kappa shape index (κ2) is 8.48. The van der Waals surface area contributed by atoms with Gasteiger partial charge in [0.2, 0.25) is 45.9 Å². The number of rotatable bonds is 4. The Morgan fingerprint density at radius 2 is 1.53 bits per heavy atom. The van der Waals surface area contributed by atoms with Crippen molar-refractivity contribution in [1.29, 1.82) is 0 Å². The van der Waals surface area contributed by atoms with Crippen molar-refractivity contribution in [1.82, 2.24) is 4.98 Å². The van der Waals surface area contributed by atoms with Crippen LogP contribution in [0.2, 0.25) is 5.02 Å². The third kappa shape index (κ3) is 3.82. The molecule has 1 aromatic heterocycles. The van der Waals surface area contributed by atoms with E-state index < -0.39 is 45.9 Å². The predicted molar refractivity (Wildman–Crippen MR) is 110 cm³/mol. The molecule has 0 aliphatic heterocycles. The zero-order chi connectivity index (χ0) is 23.2. The van der Waals surface area contributed by atoms with Crippen LogP contribution in [0.15, 0.2) is 53.6 Å². The average molecular weight is 484 g/mol. The van der Waals surface area contributed by atoms with Crippen molar-refractivity contribution < 1.29 is 30.3 Å². The summed E-state index contributed by atoms with van der Waals surface area (Å²) in [5.41, 5.74) is 2.31. The highest BCUT2D eigenvalue weighted by molar-refractivity contribution is 7.80. The Kier molecular flexibility index (Phi) is 5.87. The number of hydrogen-bond donors (Lipinski definition) is 0. The van der Waals surface area contributed by atoms with E-state index in [-0.39, 0.29) is 4.90 Å². The second-order valence-corrected chi connectivity index (χ2v) is 8.26. The van der Waals surface area contributed by atoms with Crippen molar-refractivity contribution in [3.05, 3.63) is 88.3 Å². The number of pyridine rings is 1. The second-order valence-electron chi connectivity index (χ2n) is 6.72. The van der Waals surface area contributed by atoms with E-state index in [2.05, 4.69) is 9.17 Å². The maximum Gasteiger partial charge on any atom is 0.240 e. The monoisotopic (exact) mass is 483 g/mol. The Bertz CT molecular complexity index is 1380. The number of fused-ring (bicyclic) bond motifs is 1. The summed E-state index contributed by atoms with van der Waals surface area (Å²) in [5.74, 6) is -12.7. The normalized spacial score (nSPS) is 12.2. The number of halogens is 6. The van der Waals surface area contributed by atoms with E-state index in [4.69, 9.17) is 11.6 Å². The van der Waals surface area contributed by atoms with Crippen molar-refractivity contribution in [2.75, 3.05) is 0 Å². The van der Waals surface area contributed by atoms with E-state index >= 15 is 0 Å². The molecular weight excluding hydrogens is 473 g/mol. The molecule has 1 atom stereocenters. The van der Waals surface area contributed by atoms with Gasteiger partial charge in [0.15, 0.2) is 0 Å². The van der Waals surface area contributed by atoms with Crippen molar-refractivity contribution in [2.24, 2.45) is 0 Å². The van der Waals surface area contributed by atoms with Crippen LogP contribution in [-0.2, 0) is 11.1 Å². The van der Waals surface area contributed by atoms with Crippen molar-refractivity contribution in [3.8, 4) is 17.0 Å². The van der Waals surface area contributed by atoms with Crippen LogP contribution in [0.25, 0.3) is 22.0 Å². The van der Waals surface area contributed by atoms with Gasteiger partial charge in [0.1, 0.15) is 0 Å². The maximum absolute atomic E-state index is 13.8. The molecule has 0 bridgehead atoms. The highest BCUT2D eigenvalue weighted by Gasteiger charge is 2.28. The van der Waals surface area contributed by atoms with E-state index in [0.29, 0.717) is 21.5 Å². The average Bonchev–Trinajstić information content (AvgIpc) is 2.78. The van der Waals surface area contributed by atoms with Gasteiger partial charge in [0.05, 0.1) is 10.6 Å². The molecule has 3 nitrogen and oxygen atoms in total. The Labute approximate surface area is 186 Å². The molecule has 4 aromatic rings. The Hall–Kier alpha value is -3.04. The summed E-state index contributed by atoms with van der Waals surface area (Å²) in [5, 5.41) is 1.81. The summed E-state index contributed by atoms with van der Waals surface area (Å²) < 4.78 is 84.7. The molecule has 0 N–H and O–H groups in total. The molecule has 0 aliphatic carbocycles. The van der Waals surface area contributed by atoms with Crippen LogP contribution in [0.4, 0.5) is 22.0 Å². The molecule has 0 aliphatic rings. The summed E-state index contributed by atoms with van der Waals surface area (Å²) in [6, 6.07) is 11.2. The molecule has 164 valence electrons. The Balaban J connectivity index is 1.74. The summed E-state index contributed by atoms with van der Waals surface area (Å²) in [6.45, 7) is 1.86. The zero-order valence-corrected chi connectivity index (χ0v) is 17.6. The van der Waals surface area contributed by atoms with Crippen LogP contribution in [0.1, 0.15) is 5.56 Å². The van der Waals surface area contributed by atoms with Gasteiger partial charge in [-0.2, -0.15) is 8.78 Å². The zero-order valence-electron chi connectivity index (χ0n) is 16.1. The number of hydrogen-bond acceptors (Lipinski definition) is 3. The van der Waals surface area contributed by atoms with Crippen LogP contribution in [0.3, 0.4) is 0 Å². The molecule has 1 unspecified atom stereocenters. The number of aromatic nitrogens is 1. The molecule has 10 heteroatoms. The summed E-state index contributed by atoms with van der Waals surface area (Å²) >= 11 is 3.44. The molecule has 0 fully saturated rings. The van der Waals surface area contributed by atoms with Crippen LogP contribution >= 0.6 is 11.6 Å². The maximum atomic E-state index is 13.8. The molecule has 0 saturated heterocycles. The van der Waals surface area contributed by atoms with E-state index in [0.717, 1.165) is 11.1 Å². The number of aryl methyl sites for hydroxylation is 1. The lowest BCUT2D eigenvalue weighted by Crippen LogP contribution is -2.09. The van der Waals surface area contributed by atoms with E-state index in [9.17, 15) is 26.2 Å². The quantitative estimate of drug-likeness (QED) is 0.185. The van der Waals surface area contributed by atoms with Crippen LogP contribution in [0, 0.1) is 36.0 Å². The first-order valence-corrected chi connectivity index (χ1v) is 10.4. The van der Waals surface area contributed by atoms with E-state index in [1.54, 1.807) is 30.3 Å². The minimum Gasteiger partial charge on any atom is -0.390 e. The van der Waals surface area contributed by atoms with Crippen LogP contribution < -0.4 is 4.18 Å². The fourth-order valence-electron chi connectivity index (χ4n) is 3.15. The Morgan fingerprint density at radius 3 is 2.19 bits per heavy atom. The van der Waals surface area contributed by atoms with Crippen molar-refractivity contribution >= 4 is 33.5 Å². The van der Waals surface area contributed by atoms with Gasteiger partial charge in [-0.25, -0.2) is 17.4 Å².